The van der Waals surface area contributed by atoms with Crippen molar-refractivity contribution in [3.8, 4) is 6.07 Å². The molecule has 0 N–H and O–H groups in total. The highest BCUT2D eigenvalue weighted by Gasteiger charge is 2.05. The molecule has 0 fully saturated rings. The van der Waals surface area contributed by atoms with E-state index in [1.807, 2.05) is 11.9 Å². The first kappa shape index (κ1) is 12.6. The Balaban J connectivity index is 2.45. The van der Waals surface area contributed by atoms with Crippen molar-refractivity contribution >= 4 is 0 Å². The Morgan fingerprint density at radius 3 is 2.69 bits per heavy atom. The Kier molecular flexibility index (Phi) is 4.87. The van der Waals surface area contributed by atoms with E-state index in [1.165, 1.54) is 12.1 Å². The molecule has 0 heterocycles. The predicted molar refractivity (Wildman–Crippen MR) is 57.8 cm³/mol. The van der Waals surface area contributed by atoms with E-state index in [2.05, 4.69) is 6.07 Å². The smallest absolute Gasteiger partial charge is 0.129 e. The fourth-order valence-electron chi connectivity index (χ4n) is 1.39. The summed E-state index contributed by atoms with van der Waals surface area (Å²) in [4.78, 5) is 1.95. The molecule has 0 radical (unpaired) electrons. The van der Waals surface area contributed by atoms with E-state index in [0.717, 1.165) is 6.07 Å². The number of likely N-dealkylation sites (N-methyl/N-ethyl adjacent to an activating group) is 1. The Bertz CT molecular complexity index is 385. The van der Waals surface area contributed by atoms with Crippen LogP contribution < -0.4 is 0 Å². The first-order chi connectivity index (χ1) is 7.63. The Morgan fingerprint density at radius 1 is 1.31 bits per heavy atom. The Morgan fingerprint density at radius 2 is 2.06 bits per heavy atom. The van der Waals surface area contributed by atoms with Gasteiger partial charge >= 0.3 is 0 Å². The molecule has 0 saturated heterocycles. The minimum atomic E-state index is -0.556. The molecule has 4 heteroatoms. The highest BCUT2D eigenvalue weighted by molar-refractivity contribution is 5.18. The van der Waals surface area contributed by atoms with Gasteiger partial charge in [0.1, 0.15) is 11.6 Å². The van der Waals surface area contributed by atoms with Crippen molar-refractivity contribution < 1.29 is 8.78 Å². The van der Waals surface area contributed by atoms with Gasteiger partial charge in [0.05, 0.1) is 6.07 Å². The first-order valence-corrected chi connectivity index (χ1v) is 5.13. The molecule has 0 saturated carbocycles. The van der Waals surface area contributed by atoms with Crippen molar-refractivity contribution in [1.29, 1.82) is 5.26 Å². The Hall–Kier alpha value is -1.47. The van der Waals surface area contributed by atoms with E-state index >= 15 is 0 Å². The van der Waals surface area contributed by atoms with Gasteiger partial charge in [-0.1, -0.05) is 6.07 Å². The van der Waals surface area contributed by atoms with Gasteiger partial charge in [0.25, 0.3) is 0 Å². The second-order valence-electron chi connectivity index (χ2n) is 3.70. The number of rotatable bonds is 5. The van der Waals surface area contributed by atoms with Gasteiger partial charge in [-0.25, -0.2) is 8.78 Å². The molecule has 1 aromatic carbocycles. The minimum Gasteiger partial charge on any atom is -0.305 e. The van der Waals surface area contributed by atoms with Crippen molar-refractivity contribution in [2.75, 3.05) is 20.1 Å². The van der Waals surface area contributed by atoms with E-state index in [1.54, 1.807) is 0 Å². The third kappa shape index (κ3) is 3.95. The summed E-state index contributed by atoms with van der Waals surface area (Å²) < 4.78 is 25.9. The minimum absolute atomic E-state index is 0.461. The van der Waals surface area contributed by atoms with Crippen LogP contribution >= 0.6 is 0 Å². The number of halogens is 2. The molecule has 0 aliphatic rings. The molecule has 0 bridgehead atoms. The topological polar surface area (TPSA) is 27.0 Å². The van der Waals surface area contributed by atoms with Crippen LogP contribution in [0.15, 0.2) is 18.2 Å². The largest absolute Gasteiger partial charge is 0.305 e. The van der Waals surface area contributed by atoms with E-state index in [9.17, 15) is 8.78 Å². The van der Waals surface area contributed by atoms with Crippen LogP contribution in [-0.4, -0.2) is 25.0 Å². The zero-order chi connectivity index (χ0) is 12.0. The standard InChI is InChI=1S/C12H14F2N2/c1-16(7-2-6-15)8-5-10-3-4-11(13)9-12(10)14/h3-4,9H,2,5,7-8H2,1H3. The maximum Gasteiger partial charge on any atom is 0.129 e. The van der Waals surface area contributed by atoms with Gasteiger partial charge in [0, 0.05) is 25.6 Å². The quantitative estimate of drug-likeness (QED) is 0.767. The van der Waals surface area contributed by atoms with E-state index in [0.29, 0.717) is 31.5 Å². The van der Waals surface area contributed by atoms with Crippen LogP contribution in [0, 0.1) is 23.0 Å². The van der Waals surface area contributed by atoms with Crippen molar-refractivity contribution in [3.63, 3.8) is 0 Å². The molecule has 1 aromatic rings. The van der Waals surface area contributed by atoms with Crippen LogP contribution in [0.2, 0.25) is 0 Å². The molecule has 1 rings (SSSR count). The first-order valence-electron chi connectivity index (χ1n) is 5.13. The van der Waals surface area contributed by atoms with Crippen LogP contribution in [0.3, 0.4) is 0 Å². The summed E-state index contributed by atoms with van der Waals surface area (Å²) >= 11 is 0. The molecular formula is C12H14F2N2. The summed E-state index contributed by atoms with van der Waals surface area (Å²) in [5.74, 6) is -1.06. The molecule has 16 heavy (non-hydrogen) atoms. The summed E-state index contributed by atoms with van der Waals surface area (Å²) in [6, 6.07) is 5.66. The summed E-state index contributed by atoms with van der Waals surface area (Å²) in [7, 11) is 1.87. The maximum atomic E-state index is 13.2. The molecule has 0 aromatic heterocycles. The van der Waals surface area contributed by atoms with E-state index < -0.39 is 11.6 Å². The maximum absolute atomic E-state index is 13.2. The summed E-state index contributed by atoms with van der Waals surface area (Å²) in [5, 5.41) is 8.40. The van der Waals surface area contributed by atoms with Crippen LogP contribution in [0.5, 0.6) is 0 Å². The van der Waals surface area contributed by atoms with Gasteiger partial charge < -0.3 is 4.90 Å². The summed E-state index contributed by atoms with van der Waals surface area (Å²) in [5.41, 5.74) is 0.505. The van der Waals surface area contributed by atoms with E-state index in [-0.39, 0.29) is 0 Å². The zero-order valence-electron chi connectivity index (χ0n) is 9.21. The van der Waals surface area contributed by atoms with Gasteiger partial charge in [0.2, 0.25) is 0 Å². The lowest BCUT2D eigenvalue weighted by molar-refractivity contribution is 0.344. The average molecular weight is 224 g/mol. The van der Waals surface area contributed by atoms with Crippen LogP contribution in [0.25, 0.3) is 0 Å². The molecule has 0 atom stereocenters. The predicted octanol–water partition coefficient (Wildman–Crippen LogP) is 2.35. The second kappa shape index (κ2) is 6.19. The molecular weight excluding hydrogens is 210 g/mol. The van der Waals surface area contributed by atoms with Gasteiger partial charge in [0.15, 0.2) is 0 Å². The lowest BCUT2D eigenvalue weighted by Gasteiger charge is -2.14. The Labute approximate surface area is 94.1 Å². The van der Waals surface area contributed by atoms with Crippen molar-refractivity contribution in [2.45, 2.75) is 12.8 Å². The SMILES string of the molecule is CN(CCC#N)CCc1ccc(F)cc1F. The second-order valence-corrected chi connectivity index (χ2v) is 3.70. The fraction of sp³-hybridized carbons (Fsp3) is 0.417. The lowest BCUT2D eigenvalue weighted by Crippen LogP contribution is -2.22. The number of hydrogen-bond acceptors (Lipinski definition) is 2. The van der Waals surface area contributed by atoms with Crippen LogP contribution in [0.1, 0.15) is 12.0 Å². The number of hydrogen-bond donors (Lipinski definition) is 0. The third-order valence-electron chi connectivity index (χ3n) is 2.38. The van der Waals surface area contributed by atoms with Gasteiger partial charge in [-0.3, -0.25) is 0 Å². The normalized spacial score (nSPS) is 10.4. The lowest BCUT2D eigenvalue weighted by atomic mass is 10.1. The molecule has 2 nitrogen and oxygen atoms in total. The summed E-state index contributed by atoms with van der Waals surface area (Å²) in [6.45, 7) is 1.32. The molecule has 0 aliphatic carbocycles. The number of benzene rings is 1. The molecule has 0 unspecified atom stereocenters. The molecule has 86 valence electrons. The number of nitrogens with zero attached hydrogens (tertiary/aromatic N) is 2. The molecule has 0 aliphatic heterocycles. The van der Waals surface area contributed by atoms with Crippen LogP contribution in [-0.2, 0) is 6.42 Å². The average Bonchev–Trinajstić information content (AvgIpc) is 2.25. The molecule has 0 spiro atoms. The van der Waals surface area contributed by atoms with Gasteiger partial charge in [-0.15, -0.1) is 0 Å². The fourth-order valence-corrected chi connectivity index (χ4v) is 1.39. The highest BCUT2D eigenvalue weighted by Crippen LogP contribution is 2.10. The third-order valence-corrected chi connectivity index (χ3v) is 2.38. The van der Waals surface area contributed by atoms with Gasteiger partial charge in [-0.05, 0) is 25.1 Å². The van der Waals surface area contributed by atoms with Crippen molar-refractivity contribution in [2.24, 2.45) is 0 Å². The zero-order valence-corrected chi connectivity index (χ0v) is 9.21. The summed E-state index contributed by atoms with van der Waals surface area (Å²) in [6.07, 6.45) is 0.983. The van der Waals surface area contributed by atoms with Crippen molar-refractivity contribution in [1.82, 2.24) is 4.90 Å². The highest BCUT2D eigenvalue weighted by atomic mass is 19.1. The van der Waals surface area contributed by atoms with Gasteiger partial charge in [-0.2, -0.15) is 5.26 Å². The monoisotopic (exact) mass is 224 g/mol. The molecule has 0 amide bonds. The van der Waals surface area contributed by atoms with Crippen LogP contribution in [0.4, 0.5) is 8.78 Å². The van der Waals surface area contributed by atoms with E-state index in [4.69, 9.17) is 5.26 Å². The number of nitriles is 1. The van der Waals surface area contributed by atoms with Crippen molar-refractivity contribution in [3.05, 3.63) is 35.4 Å².